The van der Waals surface area contributed by atoms with Gasteiger partial charge in [0.1, 0.15) is 11.6 Å². The summed E-state index contributed by atoms with van der Waals surface area (Å²) in [5.41, 5.74) is 5.05. The molecule has 7 heteroatoms. The molecule has 4 aromatic rings. The van der Waals surface area contributed by atoms with Crippen LogP contribution < -0.4 is 0 Å². The number of benzene rings is 2. The molecular formula is C23H24FN5O. The Morgan fingerprint density at radius 2 is 1.93 bits per heavy atom. The lowest BCUT2D eigenvalue weighted by Crippen LogP contribution is -2.22. The van der Waals surface area contributed by atoms with Crippen LogP contribution >= 0.6 is 0 Å². The maximum atomic E-state index is 14.0. The van der Waals surface area contributed by atoms with Gasteiger partial charge in [-0.2, -0.15) is 5.21 Å². The predicted octanol–water partition coefficient (Wildman–Crippen LogP) is 5.08. The number of halogens is 1. The molecule has 1 aliphatic carbocycles. The number of aryl methyl sites for hydroxylation is 1. The van der Waals surface area contributed by atoms with Crippen molar-refractivity contribution < 1.29 is 9.50 Å². The van der Waals surface area contributed by atoms with Crippen LogP contribution in [0.1, 0.15) is 67.1 Å². The van der Waals surface area contributed by atoms with Crippen molar-refractivity contribution in [2.75, 3.05) is 0 Å². The van der Waals surface area contributed by atoms with Gasteiger partial charge in [-0.25, -0.2) is 4.39 Å². The number of aromatic amines is 1. The second-order valence-corrected chi connectivity index (χ2v) is 8.56. The zero-order valence-corrected chi connectivity index (χ0v) is 17.2. The highest BCUT2D eigenvalue weighted by atomic mass is 19.1. The minimum atomic E-state index is -0.207. The summed E-state index contributed by atoms with van der Waals surface area (Å²) in [6.07, 6.45) is 1.88. The van der Waals surface area contributed by atoms with E-state index in [1.807, 2.05) is 24.3 Å². The fourth-order valence-electron chi connectivity index (χ4n) is 4.77. The molecule has 2 aromatic heterocycles. The van der Waals surface area contributed by atoms with Crippen LogP contribution in [0.4, 0.5) is 4.39 Å². The van der Waals surface area contributed by atoms with Gasteiger partial charge in [0.05, 0.1) is 5.52 Å². The second kappa shape index (κ2) is 6.93. The third kappa shape index (κ3) is 2.88. The molecule has 1 fully saturated rings. The summed E-state index contributed by atoms with van der Waals surface area (Å²) in [6.45, 7) is 6.15. The van der Waals surface area contributed by atoms with Gasteiger partial charge in [0, 0.05) is 22.7 Å². The summed E-state index contributed by atoms with van der Waals surface area (Å²) in [6, 6.07) is 10.8. The van der Waals surface area contributed by atoms with E-state index in [0.717, 1.165) is 35.3 Å². The summed E-state index contributed by atoms with van der Waals surface area (Å²) < 4.78 is 16.2. The first kappa shape index (κ1) is 18.8. The van der Waals surface area contributed by atoms with Gasteiger partial charge in [0.25, 0.3) is 0 Å². The Morgan fingerprint density at radius 3 is 2.60 bits per heavy atom. The number of nitrogens with zero attached hydrogens (tertiary/aromatic N) is 4. The maximum absolute atomic E-state index is 14.0. The molecule has 5 rings (SSSR count). The maximum Gasteiger partial charge on any atom is 0.177 e. The van der Waals surface area contributed by atoms with Crippen molar-refractivity contribution in [2.24, 2.45) is 0 Å². The number of nitrogens with one attached hydrogen (secondary N) is 1. The zero-order valence-electron chi connectivity index (χ0n) is 17.2. The average molecular weight is 405 g/mol. The van der Waals surface area contributed by atoms with Crippen molar-refractivity contribution in [3.05, 3.63) is 64.9 Å². The lowest BCUT2D eigenvalue weighted by molar-refractivity contribution is 0.337. The van der Waals surface area contributed by atoms with Crippen LogP contribution in [0, 0.1) is 12.7 Å². The molecule has 0 saturated heterocycles. The molecule has 0 spiro atoms. The number of aromatic hydroxyl groups is 1. The summed E-state index contributed by atoms with van der Waals surface area (Å²) in [5.74, 6) is 1.69. The van der Waals surface area contributed by atoms with Crippen molar-refractivity contribution in [3.63, 3.8) is 0 Å². The number of aromatic nitrogens is 5. The Labute approximate surface area is 173 Å². The predicted molar refractivity (Wildman–Crippen MR) is 113 cm³/mol. The molecular weight excluding hydrogens is 381 g/mol. The number of tetrazole rings is 1. The van der Waals surface area contributed by atoms with Crippen LogP contribution in [0.2, 0.25) is 0 Å². The Morgan fingerprint density at radius 1 is 1.13 bits per heavy atom. The Bertz CT molecular complexity index is 1220. The first-order valence-corrected chi connectivity index (χ1v) is 10.3. The Hall–Kier alpha value is -3.22. The van der Waals surface area contributed by atoms with E-state index >= 15 is 0 Å². The van der Waals surface area contributed by atoms with Gasteiger partial charge in [0.2, 0.25) is 0 Å². The molecule has 2 N–H and O–H groups in total. The molecule has 2 heterocycles. The third-order valence-electron chi connectivity index (χ3n) is 6.25. The molecule has 30 heavy (non-hydrogen) atoms. The molecule has 6 nitrogen and oxygen atoms in total. The van der Waals surface area contributed by atoms with E-state index < -0.39 is 0 Å². The van der Waals surface area contributed by atoms with Crippen molar-refractivity contribution >= 4 is 10.9 Å². The number of H-pyrrole nitrogens is 1. The number of rotatable bonds is 4. The SMILES string of the molecule is Cc1cc(-n2c(C(C)C)c(C3CC(c4nn[nH]n4)C3)c3cc(O)ccc32)ccc1F. The average Bonchev–Trinajstić information content (AvgIpc) is 3.30. The molecule has 0 bridgehead atoms. The van der Waals surface area contributed by atoms with E-state index in [2.05, 4.69) is 39.0 Å². The molecule has 2 aromatic carbocycles. The number of hydrogen-bond acceptors (Lipinski definition) is 4. The number of phenols is 1. The third-order valence-corrected chi connectivity index (χ3v) is 6.25. The molecule has 1 saturated carbocycles. The fraction of sp³-hybridized carbons (Fsp3) is 0.348. The monoisotopic (exact) mass is 405 g/mol. The molecule has 0 atom stereocenters. The molecule has 154 valence electrons. The van der Waals surface area contributed by atoms with Crippen LogP contribution in [0.3, 0.4) is 0 Å². The fourth-order valence-corrected chi connectivity index (χ4v) is 4.77. The minimum absolute atomic E-state index is 0.207. The smallest absolute Gasteiger partial charge is 0.177 e. The van der Waals surface area contributed by atoms with Gasteiger partial charge in [-0.3, -0.25) is 0 Å². The topological polar surface area (TPSA) is 79.6 Å². The second-order valence-electron chi connectivity index (χ2n) is 8.56. The Balaban J connectivity index is 1.69. The van der Waals surface area contributed by atoms with Crippen LogP contribution in [-0.2, 0) is 0 Å². The summed E-state index contributed by atoms with van der Waals surface area (Å²) in [4.78, 5) is 0. The number of fused-ring (bicyclic) bond motifs is 1. The van der Waals surface area contributed by atoms with Crippen molar-refractivity contribution in [1.29, 1.82) is 0 Å². The van der Waals surface area contributed by atoms with Crippen molar-refractivity contribution in [1.82, 2.24) is 25.2 Å². The minimum Gasteiger partial charge on any atom is -0.508 e. The highest BCUT2D eigenvalue weighted by molar-refractivity contribution is 5.89. The largest absolute Gasteiger partial charge is 0.508 e. The van der Waals surface area contributed by atoms with E-state index in [-0.39, 0.29) is 23.4 Å². The lowest BCUT2D eigenvalue weighted by atomic mass is 9.69. The van der Waals surface area contributed by atoms with E-state index in [1.54, 1.807) is 13.0 Å². The molecule has 0 aliphatic heterocycles. The van der Waals surface area contributed by atoms with Crippen molar-refractivity contribution in [3.8, 4) is 11.4 Å². The highest BCUT2D eigenvalue weighted by Gasteiger charge is 2.38. The van der Waals surface area contributed by atoms with Gasteiger partial charge in [-0.1, -0.05) is 19.1 Å². The van der Waals surface area contributed by atoms with Gasteiger partial charge >= 0.3 is 0 Å². The van der Waals surface area contributed by atoms with Crippen LogP contribution in [-0.4, -0.2) is 30.3 Å². The Kier molecular flexibility index (Phi) is 4.34. The number of hydrogen-bond donors (Lipinski definition) is 2. The van der Waals surface area contributed by atoms with Crippen LogP contribution in [0.25, 0.3) is 16.6 Å². The summed E-state index contributed by atoms with van der Waals surface area (Å²) in [5, 5.41) is 25.8. The van der Waals surface area contributed by atoms with E-state index in [1.165, 1.54) is 17.3 Å². The van der Waals surface area contributed by atoms with Crippen molar-refractivity contribution in [2.45, 2.75) is 51.4 Å². The standard InChI is InChI=1S/C23H24FN5O/c1-12(2)22-21(14-9-15(10-14)23-25-27-28-26-23)18-11-17(30)5-7-20(18)29(22)16-4-6-19(24)13(3)8-16/h4-8,11-12,14-15,30H,9-10H2,1-3H3,(H,25,26,27,28). The summed E-state index contributed by atoms with van der Waals surface area (Å²) >= 11 is 0. The van der Waals surface area contributed by atoms with E-state index in [4.69, 9.17) is 0 Å². The molecule has 0 amide bonds. The van der Waals surface area contributed by atoms with Gasteiger partial charge < -0.3 is 9.67 Å². The lowest BCUT2D eigenvalue weighted by Gasteiger charge is -2.34. The van der Waals surface area contributed by atoms with Crippen LogP contribution in [0.5, 0.6) is 5.75 Å². The first-order valence-electron chi connectivity index (χ1n) is 10.3. The van der Waals surface area contributed by atoms with Gasteiger partial charge in [-0.05, 0) is 79.1 Å². The normalized spacial score (nSPS) is 18.8. The van der Waals surface area contributed by atoms with E-state index in [9.17, 15) is 9.50 Å². The summed E-state index contributed by atoms with van der Waals surface area (Å²) in [7, 11) is 0. The van der Waals surface area contributed by atoms with Gasteiger partial charge in [-0.15, -0.1) is 10.2 Å². The van der Waals surface area contributed by atoms with E-state index in [0.29, 0.717) is 11.5 Å². The highest BCUT2D eigenvalue weighted by Crippen LogP contribution is 2.51. The molecule has 0 unspecified atom stereocenters. The zero-order chi connectivity index (χ0) is 21.0. The quantitative estimate of drug-likeness (QED) is 0.496. The van der Waals surface area contributed by atoms with Crippen LogP contribution in [0.15, 0.2) is 36.4 Å². The molecule has 0 radical (unpaired) electrons. The first-order chi connectivity index (χ1) is 14.4. The molecule has 1 aliphatic rings. The van der Waals surface area contributed by atoms with Gasteiger partial charge in [0.15, 0.2) is 5.82 Å². The number of phenolic OH excluding ortho intramolecular Hbond substituents is 1.